The summed E-state index contributed by atoms with van der Waals surface area (Å²) in [6.07, 6.45) is 2.46. The quantitative estimate of drug-likeness (QED) is 0.585. The molecule has 0 amide bonds. The Morgan fingerprint density at radius 2 is 1.32 bits per heavy atom. The van der Waals surface area contributed by atoms with Gasteiger partial charge in [-0.25, -0.2) is 9.98 Å². The van der Waals surface area contributed by atoms with Gasteiger partial charge >= 0.3 is 0 Å². The lowest BCUT2D eigenvalue weighted by molar-refractivity contribution is 0.801. The minimum Gasteiger partial charge on any atom is -0.326 e. The molecule has 2 aromatic rings. The van der Waals surface area contributed by atoms with Crippen molar-refractivity contribution in [2.75, 3.05) is 7.05 Å². The van der Waals surface area contributed by atoms with Gasteiger partial charge in [0.25, 0.3) is 0 Å². The Kier molecular flexibility index (Phi) is 2.03. The van der Waals surface area contributed by atoms with E-state index in [0.717, 1.165) is 12.1 Å². The van der Waals surface area contributed by atoms with Gasteiger partial charge in [-0.05, 0) is 50.7 Å². The molecule has 0 fully saturated rings. The third-order valence-corrected chi connectivity index (χ3v) is 2.75. The van der Waals surface area contributed by atoms with Crippen molar-refractivity contribution >= 4 is 24.1 Å². The summed E-state index contributed by atoms with van der Waals surface area (Å²) < 4.78 is 90.9. The Morgan fingerprint density at radius 1 is 0.818 bits per heavy atom. The number of nitrogens with zero attached hydrogens (tertiary/aromatic N) is 3. The Bertz CT molecular complexity index is 990. The second kappa shape index (κ2) is 7.03. The molecular weight excluding hydrogens is 270 g/mol. The minimum atomic E-state index is -2.60. The summed E-state index contributed by atoms with van der Waals surface area (Å²) in [7, 11) is 1.52. The van der Waals surface area contributed by atoms with E-state index in [2.05, 4.69) is 9.98 Å². The first-order valence-electron chi connectivity index (χ1n) is 12.4. The SMILES string of the molecule is [2H]C([2H])([2H])c1ccc(N=CN(C)C=Nc2ccc(C([2H])([2H])[2H])cc2C([2H])([2H])[2H])c(C([2H])([2H])[2H])c1. The monoisotopic (exact) mass is 305 g/mol. The normalized spacial score (nSPS) is 21.9. The van der Waals surface area contributed by atoms with Crippen molar-refractivity contribution in [1.82, 2.24) is 4.90 Å². The number of aliphatic imine (C=N–C) groups is 2. The molecule has 3 heteroatoms. The average molecular weight is 305 g/mol. The molecule has 0 bridgehead atoms. The Morgan fingerprint density at radius 3 is 1.73 bits per heavy atom. The van der Waals surface area contributed by atoms with Gasteiger partial charge in [0.2, 0.25) is 0 Å². The lowest BCUT2D eigenvalue weighted by Gasteiger charge is -2.07. The van der Waals surface area contributed by atoms with E-state index in [4.69, 9.17) is 16.4 Å². The largest absolute Gasteiger partial charge is 0.326 e. The highest BCUT2D eigenvalue weighted by Gasteiger charge is 1.97. The van der Waals surface area contributed by atoms with Crippen molar-refractivity contribution in [3.8, 4) is 0 Å². The fourth-order valence-electron chi connectivity index (χ4n) is 1.63. The summed E-state index contributed by atoms with van der Waals surface area (Å²) >= 11 is 0. The molecule has 0 spiro atoms. The van der Waals surface area contributed by atoms with E-state index in [1.165, 1.54) is 48.9 Å². The third-order valence-electron chi connectivity index (χ3n) is 2.75. The van der Waals surface area contributed by atoms with Crippen LogP contribution in [-0.4, -0.2) is 24.6 Å². The highest BCUT2D eigenvalue weighted by molar-refractivity contribution is 5.78. The number of hydrogen-bond acceptors (Lipinski definition) is 2. The maximum Gasteiger partial charge on any atom is 0.0961 e. The van der Waals surface area contributed by atoms with E-state index in [-0.39, 0.29) is 33.6 Å². The van der Waals surface area contributed by atoms with Crippen molar-refractivity contribution in [3.05, 3.63) is 58.7 Å². The number of hydrogen-bond donors (Lipinski definition) is 0. The van der Waals surface area contributed by atoms with Crippen molar-refractivity contribution in [3.63, 3.8) is 0 Å². The predicted molar refractivity (Wildman–Crippen MR) is 95.9 cm³/mol. The second-order valence-corrected chi connectivity index (χ2v) is 4.62. The molecule has 0 heterocycles. The fraction of sp³-hybridized carbons (Fsp3) is 0.263. The Balaban J connectivity index is 2.36. The molecule has 0 aliphatic rings. The number of rotatable bonds is 4. The predicted octanol–water partition coefficient (Wildman–Crippen LogP) is 4.87. The van der Waals surface area contributed by atoms with Crippen molar-refractivity contribution < 1.29 is 16.4 Å². The molecule has 0 aromatic heterocycles. The average Bonchev–Trinajstić information content (AvgIpc) is 2.67. The number of benzene rings is 2. The summed E-state index contributed by atoms with van der Waals surface area (Å²) in [5.41, 5.74) is -0.618. The standard InChI is InChI=1S/C19H23N3/c1-14-6-8-18(16(3)10-14)20-12-22(5)13-21-19-9-7-15(2)11-17(19)4/h6-13H,1-5H3/i1D3,2D3,3D3,4D3. The summed E-state index contributed by atoms with van der Waals surface area (Å²) in [6.45, 7) is -10.1. The van der Waals surface area contributed by atoms with Gasteiger partial charge in [-0.3, -0.25) is 0 Å². The minimum absolute atomic E-state index is 0.0402. The van der Waals surface area contributed by atoms with Gasteiger partial charge in [0.05, 0.1) is 24.1 Å². The highest BCUT2D eigenvalue weighted by atomic mass is 15.1. The maximum absolute atomic E-state index is 7.68. The first-order chi connectivity index (χ1) is 15.3. The molecule has 0 aliphatic heterocycles. The Hall–Kier alpha value is -2.42. The van der Waals surface area contributed by atoms with E-state index in [0.29, 0.717) is 0 Å². The maximum atomic E-state index is 7.68. The van der Waals surface area contributed by atoms with Crippen LogP contribution in [-0.2, 0) is 0 Å². The molecule has 2 rings (SSSR count). The molecule has 3 nitrogen and oxygen atoms in total. The van der Waals surface area contributed by atoms with Gasteiger partial charge in [-0.15, -0.1) is 0 Å². The summed E-state index contributed by atoms with van der Waals surface area (Å²) in [5, 5.41) is 0. The molecule has 114 valence electrons. The van der Waals surface area contributed by atoms with Crippen LogP contribution < -0.4 is 0 Å². The highest BCUT2D eigenvalue weighted by Crippen LogP contribution is 2.20. The van der Waals surface area contributed by atoms with Crippen LogP contribution in [0.2, 0.25) is 0 Å². The van der Waals surface area contributed by atoms with E-state index < -0.39 is 27.4 Å². The van der Waals surface area contributed by atoms with Gasteiger partial charge in [-0.2, -0.15) is 0 Å². The van der Waals surface area contributed by atoms with E-state index in [1.807, 2.05) is 0 Å². The van der Waals surface area contributed by atoms with E-state index >= 15 is 0 Å². The van der Waals surface area contributed by atoms with Gasteiger partial charge in [0, 0.05) is 23.5 Å². The van der Waals surface area contributed by atoms with Crippen LogP contribution in [0, 0.1) is 27.4 Å². The molecule has 0 radical (unpaired) electrons. The molecule has 0 aliphatic carbocycles. The van der Waals surface area contributed by atoms with Crippen molar-refractivity contribution in [2.45, 2.75) is 27.4 Å². The van der Waals surface area contributed by atoms with Crippen LogP contribution in [0.5, 0.6) is 0 Å². The van der Waals surface area contributed by atoms with Crippen LogP contribution in [0.3, 0.4) is 0 Å². The first-order valence-corrected chi connectivity index (χ1v) is 6.40. The van der Waals surface area contributed by atoms with Crippen LogP contribution in [0.1, 0.15) is 38.7 Å². The third kappa shape index (κ3) is 4.29. The van der Waals surface area contributed by atoms with Gasteiger partial charge < -0.3 is 4.90 Å². The number of aryl methyl sites for hydroxylation is 4. The molecule has 22 heavy (non-hydrogen) atoms. The molecule has 0 saturated heterocycles. The summed E-state index contributed by atoms with van der Waals surface area (Å²) in [4.78, 5) is 9.55. The molecule has 0 unspecified atom stereocenters. The second-order valence-electron chi connectivity index (χ2n) is 4.62. The van der Waals surface area contributed by atoms with Gasteiger partial charge in [0.1, 0.15) is 0 Å². The van der Waals surface area contributed by atoms with E-state index in [1.54, 1.807) is 0 Å². The molecule has 0 saturated carbocycles. The topological polar surface area (TPSA) is 28.0 Å². The van der Waals surface area contributed by atoms with Crippen LogP contribution >= 0.6 is 0 Å². The zero-order valence-electron chi connectivity index (χ0n) is 24.0. The molecule has 0 N–H and O–H groups in total. The van der Waals surface area contributed by atoms with Crippen molar-refractivity contribution in [2.24, 2.45) is 9.98 Å². The van der Waals surface area contributed by atoms with Gasteiger partial charge in [0.15, 0.2) is 0 Å². The Labute approximate surface area is 149 Å². The lowest BCUT2D eigenvalue weighted by Crippen LogP contribution is -2.12. The van der Waals surface area contributed by atoms with E-state index in [9.17, 15) is 0 Å². The first kappa shape index (κ1) is 6.37. The lowest BCUT2D eigenvalue weighted by atomic mass is 10.1. The molecule has 2 aromatic carbocycles. The van der Waals surface area contributed by atoms with Crippen LogP contribution in [0.4, 0.5) is 11.4 Å². The summed E-state index contributed by atoms with van der Waals surface area (Å²) in [5.74, 6) is 0. The molecule has 0 atom stereocenters. The smallest absolute Gasteiger partial charge is 0.0961 e. The van der Waals surface area contributed by atoms with Gasteiger partial charge in [-0.1, -0.05) is 35.4 Å². The van der Waals surface area contributed by atoms with Crippen molar-refractivity contribution in [1.29, 1.82) is 0 Å². The fourth-order valence-corrected chi connectivity index (χ4v) is 1.63. The molecular formula is C19H23N3. The summed E-state index contributed by atoms with van der Waals surface area (Å²) in [6, 6.07) is 7.30. The zero-order chi connectivity index (χ0) is 26.1. The van der Waals surface area contributed by atoms with Crippen LogP contribution in [0.15, 0.2) is 46.4 Å². The zero-order valence-corrected chi connectivity index (χ0v) is 12.0. The van der Waals surface area contributed by atoms with Crippen LogP contribution in [0.25, 0.3) is 0 Å².